The van der Waals surface area contributed by atoms with Gasteiger partial charge in [0.1, 0.15) is 0 Å². The van der Waals surface area contributed by atoms with E-state index in [0.29, 0.717) is 12.5 Å². The summed E-state index contributed by atoms with van der Waals surface area (Å²) in [5.74, 6) is -0.740. The van der Waals surface area contributed by atoms with Crippen LogP contribution in [-0.2, 0) is 0 Å². The van der Waals surface area contributed by atoms with Crippen molar-refractivity contribution >= 4 is 5.97 Å². The van der Waals surface area contributed by atoms with E-state index in [9.17, 15) is 4.79 Å². The van der Waals surface area contributed by atoms with Crippen LogP contribution in [0, 0.1) is 0 Å². The summed E-state index contributed by atoms with van der Waals surface area (Å²) < 4.78 is 5.30. The molecule has 0 unspecified atom stereocenters. The fourth-order valence-corrected chi connectivity index (χ4v) is 1.06. The van der Waals surface area contributed by atoms with Crippen LogP contribution in [0.1, 0.15) is 16.9 Å². The fourth-order valence-electron chi connectivity index (χ4n) is 1.06. The third kappa shape index (κ3) is 4.22. The molecule has 88 valence electrons. The standard InChI is InChI=1S/C10H15N3O3/c1-13(2)4-3-5-16-9-7-11-8(6-12-9)10(14)15/h6-7H,3-5H2,1-2H3,(H,14,15). The van der Waals surface area contributed by atoms with Crippen LogP contribution in [-0.4, -0.2) is 53.2 Å². The van der Waals surface area contributed by atoms with Crippen LogP contribution in [0.5, 0.6) is 5.88 Å². The molecule has 0 atom stereocenters. The van der Waals surface area contributed by atoms with Crippen LogP contribution in [0.15, 0.2) is 12.4 Å². The van der Waals surface area contributed by atoms with Gasteiger partial charge in [-0.05, 0) is 20.5 Å². The van der Waals surface area contributed by atoms with Gasteiger partial charge in [0.25, 0.3) is 0 Å². The minimum Gasteiger partial charge on any atom is -0.477 e. The molecule has 0 aliphatic heterocycles. The quantitative estimate of drug-likeness (QED) is 0.711. The number of aromatic carboxylic acids is 1. The highest BCUT2D eigenvalue weighted by Gasteiger charge is 2.04. The molecule has 0 amide bonds. The molecule has 0 aliphatic carbocycles. The molecule has 0 fully saturated rings. The van der Waals surface area contributed by atoms with Crippen LogP contribution in [0.25, 0.3) is 0 Å². The molecule has 6 nitrogen and oxygen atoms in total. The molecule has 16 heavy (non-hydrogen) atoms. The van der Waals surface area contributed by atoms with E-state index < -0.39 is 5.97 Å². The second kappa shape index (κ2) is 6.02. The number of nitrogens with zero attached hydrogens (tertiary/aromatic N) is 3. The minimum absolute atomic E-state index is 0.0827. The maximum Gasteiger partial charge on any atom is 0.356 e. The molecule has 0 aromatic carbocycles. The molecule has 1 aromatic heterocycles. The van der Waals surface area contributed by atoms with Crippen molar-refractivity contribution in [1.82, 2.24) is 14.9 Å². The predicted octanol–water partition coefficient (Wildman–Crippen LogP) is 0.505. The first-order valence-corrected chi connectivity index (χ1v) is 4.92. The van der Waals surface area contributed by atoms with Crippen LogP contribution in [0.4, 0.5) is 0 Å². The molecule has 1 aromatic rings. The molecule has 1 N–H and O–H groups in total. The highest BCUT2D eigenvalue weighted by Crippen LogP contribution is 2.04. The van der Waals surface area contributed by atoms with Gasteiger partial charge in [0.15, 0.2) is 5.69 Å². The van der Waals surface area contributed by atoms with E-state index in [-0.39, 0.29) is 5.69 Å². The lowest BCUT2D eigenvalue weighted by molar-refractivity contribution is 0.0689. The van der Waals surface area contributed by atoms with Gasteiger partial charge in [-0.2, -0.15) is 0 Å². The SMILES string of the molecule is CN(C)CCCOc1cnc(C(=O)O)cn1. The van der Waals surface area contributed by atoms with Crippen LogP contribution in [0.2, 0.25) is 0 Å². The molecule has 0 radical (unpaired) electrons. The molecule has 1 rings (SSSR count). The summed E-state index contributed by atoms with van der Waals surface area (Å²) in [6, 6.07) is 0. The first kappa shape index (κ1) is 12.4. The molecule has 0 saturated heterocycles. The summed E-state index contributed by atoms with van der Waals surface area (Å²) >= 11 is 0. The largest absolute Gasteiger partial charge is 0.477 e. The fraction of sp³-hybridized carbons (Fsp3) is 0.500. The number of hydrogen-bond acceptors (Lipinski definition) is 5. The van der Waals surface area contributed by atoms with Crippen LogP contribution < -0.4 is 4.74 Å². The van der Waals surface area contributed by atoms with Crippen molar-refractivity contribution in [3.05, 3.63) is 18.1 Å². The van der Waals surface area contributed by atoms with Gasteiger partial charge < -0.3 is 14.7 Å². The van der Waals surface area contributed by atoms with Gasteiger partial charge in [-0.25, -0.2) is 14.8 Å². The van der Waals surface area contributed by atoms with Crippen LogP contribution >= 0.6 is 0 Å². The molecular formula is C10H15N3O3. The van der Waals surface area contributed by atoms with E-state index in [4.69, 9.17) is 9.84 Å². The van der Waals surface area contributed by atoms with Crippen LogP contribution in [0.3, 0.4) is 0 Å². The van der Waals surface area contributed by atoms with Crippen molar-refractivity contribution in [2.75, 3.05) is 27.2 Å². The minimum atomic E-state index is -1.09. The Morgan fingerprint density at radius 1 is 1.44 bits per heavy atom. The number of ether oxygens (including phenoxy) is 1. The monoisotopic (exact) mass is 225 g/mol. The van der Waals surface area contributed by atoms with Crippen molar-refractivity contribution in [3.63, 3.8) is 0 Å². The maximum atomic E-state index is 10.5. The van der Waals surface area contributed by atoms with Crippen molar-refractivity contribution in [3.8, 4) is 5.88 Å². The lowest BCUT2D eigenvalue weighted by Gasteiger charge is -2.09. The normalized spacial score (nSPS) is 10.4. The van der Waals surface area contributed by atoms with E-state index in [1.165, 1.54) is 12.4 Å². The van der Waals surface area contributed by atoms with E-state index in [1.807, 2.05) is 14.1 Å². The topological polar surface area (TPSA) is 75.5 Å². The molecule has 0 aliphatic rings. The maximum absolute atomic E-state index is 10.5. The average molecular weight is 225 g/mol. The van der Waals surface area contributed by atoms with Gasteiger partial charge in [0, 0.05) is 6.54 Å². The predicted molar refractivity (Wildman–Crippen MR) is 57.7 cm³/mol. The molecular weight excluding hydrogens is 210 g/mol. The zero-order chi connectivity index (χ0) is 12.0. The Morgan fingerprint density at radius 2 is 2.19 bits per heavy atom. The number of rotatable bonds is 6. The van der Waals surface area contributed by atoms with Gasteiger partial charge in [0.2, 0.25) is 5.88 Å². The van der Waals surface area contributed by atoms with Gasteiger partial charge in [0.05, 0.1) is 19.0 Å². The zero-order valence-electron chi connectivity index (χ0n) is 9.38. The van der Waals surface area contributed by atoms with Gasteiger partial charge in [-0.1, -0.05) is 0 Å². The molecule has 1 heterocycles. The summed E-state index contributed by atoms with van der Waals surface area (Å²) in [5.41, 5.74) is -0.0827. The van der Waals surface area contributed by atoms with Gasteiger partial charge in [-0.15, -0.1) is 0 Å². The van der Waals surface area contributed by atoms with Crippen molar-refractivity contribution in [2.24, 2.45) is 0 Å². The molecule has 0 spiro atoms. The summed E-state index contributed by atoms with van der Waals surface area (Å²) in [5, 5.41) is 8.60. The highest BCUT2D eigenvalue weighted by molar-refractivity contribution is 5.84. The number of carbonyl (C=O) groups is 1. The third-order valence-electron chi connectivity index (χ3n) is 1.85. The Balaban J connectivity index is 2.35. The number of aromatic nitrogens is 2. The van der Waals surface area contributed by atoms with Crippen molar-refractivity contribution < 1.29 is 14.6 Å². The first-order chi connectivity index (χ1) is 7.59. The third-order valence-corrected chi connectivity index (χ3v) is 1.85. The smallest absolute Gasteiger partial charge is 0.356 e. The second-order valence-electron chi connectivity index (χ2n) is 3.55. The average Bonchev–Trinajstić information content (AvgIpc) is 2.25. The van der Waals surface area contributed by atoms with E-state index in [2.05, 4.69) is 14.9 Å². The van der Waals surface area contributed by atoms with Gasteiger partial charge >= 0.3 is 5.97 Å². The number of hydrogen-bond donors (Lipinski definition) is 1. The van der Waals surface area contributed by atoms with Crippen molar-refractivity contribution in [2.45, 2.75) is 6.42 Å². The Bertz CT molecular complexity index is 338. The molecule has 6 heteroatoms. The number of carboxylic acids is 1. The number of carboxylic acid groups (broad SMARTS) is 1. The lowest BCUT2D eigenvalue weighted by atomic mass is 10.4. The van der Waals surface area contributed by atoms with Gasteiger partial charge in [-0.3, -0.25) is 0 Å². The van der Waals surface area contributed by atoms with E-state index >= 15 is 0 Å². The van der Waals surface area contributed by atoms with E-state index in [0.717, 1.165) is 13.0 Å². The Labute approximate surface area is 93.9 Å². The highest BCUT2D eigenvalue weighted by atomic mass is 16.5. The summed E-state index contributed by atoms with van der Waals surface area (Å²) in [6.45, 7) is 1.47. The Hall–Kier alpha value is -1.69. The van der Waals surface area contributed by atoms with E-state index in [1.54, 1.807) is 0 Å². The zero-order valence-corrected chi connectivity index (χ0v) is 9.38. The Morgan fingerprint density at radius 3 is 2.69 bits per heavy atom. The summed E-state index contributed by atoms with van der Waals surface area (Å²) in [6.07, 6.45) is 3.39. The molecule has 0 saturated carbocycles. The second-order valence-corrected chi connectivity index (χ2v) is 3.55. The summed E-state index contributed by atoms with van der Waals surface area (Å²) in [7, 11) is 3.98. The Kier molecular flexibility index (Phi) is 4.65. The first-order valence-electron chi connectivity index (χ1n) is 4.92. The summed E-state index contributed by atoms with van der Waals surface area (Å²) in [4.78, 5) is 20.1. The van der Waals surface area contributed by atoms with Crippen molar-refractivity contribution in [1.29, 1.82) is 0 Å². The lowest BCUT2D eigenvalue weighted by Crippen LogP contribution is -2.15. The molecule has 0 bridgehead atoms.